The van der Waals surface area contributed by atoms with Crippen LogP contribution >= 0.6 is 0 Å². The molecule has 1 aliphatic carbocycles. The van der Waals surface area contributed by atoms with Gasteiger partial charge >= 0.3 is 0 Å². The Labute approximate surface area is 117 Å². The molecule has 2 heteroatoms. The minimum Gasteiger partial charge on any atom is -0.329 e. The van der Waals surface area contributed by atoms with E-state index in [1.165, 1.54) is 50.6 Å². The minimum atomic E-state index is 0.634. The molecule has 1 heterocycles. The lowest BCUT2D eigenvalue weighted by Gasteiger charge is -2.41. The Balaban J connectivity index is 1.81. The molecular weight excluding hydrogens is 232 g/mol. The van der Waals surface area contributed by atoms with Gasteiger partial charge in [-0.3, -0.25) is 4.90 Å². The van der Waals surface area contributed by atoms with E-state index in [0.29, 0.717) is 6.04 Å². The Bertz CT molecular complexity index is 390. The normalized spacial score (nSPS) is 32.6. The van der Waals surface area contributed by atoms with Crippen LogP contribution in [0.2, 0.25) is 0 Å². The minimum absolute atomic E-state index is 0.634. The summed E-state index contributed by atoms with van der Waals surface area (Å²) in [6, 6.07) is 12.5. The van der Waals surface area contributed by atoms with E-state index in [0.717, 1.165) is 18.5 Å². The van der Waals surface area contributed by atoms with E-state index in [9.17, 15) is 0 Å². The van der Waals surface area contributed by atoms with Crippen LogP contribution in [0.1, 0.15) is 50.0 Å². The highest BCUT2D eigenvalue weighted by molar-refractivity contribution is 5.22. The lowest BCUT2D eigenvalue weighted by Crippen LogP contribution is -2.46. The maximum atomic E-state index is 5.97. The van der Waals surface area contributed by atoms with Crippen molar-refractivity contribution in [1.82, 2.24) is 4.90 Å². The second-order valence-corrected chi connectivity index (χ2v) is 6.14. The molecule has 1 aromatic rings. The first-order valence-electron chi connectivity index (χ1n) is 7.91. The molecule has 0 aromatic heterocycles. The number of nitrogens with two attached hydrogens (primary N) is 1. The highest BCUT2D eigenvalue weighted by atomic mass is 15.2. The zero-order chi connectivity index (χ0) is 13.1. The van der Waals surface area contributed by atoms with Crippen molar-refractivity contribution in [2.45, 2.75) is 56.5 Å². The first-order valence-corrected chi connectivity index (χ1v) is 7.91. The summed E-state index contributed by atoms with van der Waals surface area (Å²) in [5, 5.41) is 0. The van der Waals surface area contributed by atoms with E-state index in [2.05, 4.69) is 35.2 Å². The first-order chi connectivity index (χ1) is 9.40. The van der Waals surface area contributed by atoms with Gasteiger partial charge in [0.1, 0.15) is 0 Å². The van der Waals surface area contributed by atoms with Crippen molar-refractivity contribution in [3.63, 3.8) is 0 Å². The summed E-state index contributed by atoms with van der Waals surface area (Å²) in [7, 11) is 0. The lowest BCUT2D eigenvalue weighted by atomic mass is 9.79. The van der Waals surface area contributed by atoms with Gasteiger partial charge in [0.2, 0.25) is 0 Å². The van der Waals surface area contributed by atoms with Crippen molar-refractivity contribution in [1.29, 1.82) is 0 Å². The molecule has 1 aliphatic heterocycles. The number of nitrogens with zero attached hydrogens (tertiary/aromatic N) is 1. The molecule has 2 fully saturated rings. The molecule has 3 unspecified atom stereocenters. The molecule has 0 spiro atoms. The summed E-state index contributed by atoms with van der Waals surface area (Å²) < 4.78 is 0. The van der Waals surface area contributed by atoms with Crippen molar-refractivity contribution in [3.8, 4) is 0 Å². The van der Waals surface area contributed by atoms with E-state index in [1.54, 1.807) is 0 Å². The van der Waals surface area contributed by atoms with Crippen molar-refractivity contribution in [2.75, 3.05) is 13.1 Å². The fraction of sp³-hybridized carbons (Fsp3) is 0.647. The molecule has 3 rings (SSSR count). The molecule has 1 saturated carbocycles. The Kier molecular flexibility index (Phi) is 4.19. The SMILES string of the molecule is NCC1CCCN1C1CCCCC1c1ccccc1. The van der Waals surface area contributed by atoms with Gasteiger partial charge in [-0.15, -0.1) is 0 Å². The van der Waals surface area contributed by atoms with Crippen LogP contribution in [-0.4, -0.2) is 30.1 Å². The zero-order valence-corrected chi connectivity index (χ0v) is 11.8. The van der Waals surface area contributed by atoms with Crippen LogP contribution in [0.25, 0.3) is 0 Å². The maximum Gasteiger partial charge on any atom is 0.0222 e. The molecule has 2 nitrogen and oxygen atoms in total. The predicted molar refractivity (Wildman–Crippen MR) is 80.2 cm³/mol. The third-order valence-electron chi connectivity index (χ3n) is 5.08. The molecular formula is C17H26N2. The molecule has 1 saturated heterocycles. The average molecular weight is 258 g/mol. The number of rotatable bonds is 3. The number of hydrogen-bond donors (Lipinski definition) is 1. The smallest absolute Gasteiger partial charge is 0.0222 e. The van der Waals surface area contributed by atoms with Crippen molar-refractivity contribution in [2.24, 2.45) is 5.73 Å². The molecule has 104 valence electrons. The third-order valence-corrected chi connectivity index (χ3v) is 5.08. The summed E-state index contributed by atoms with van der Waals surface area (Å²) >= 11 is 0. The topological polar surface area (TPSA) is 29.3 Å². The second kappa shape index (κ2) is 6.06. The monoisotopic (exact) mass is 258 g/mol. The molecule has 2 aliphatic rings. The third kappa shape index (κ3) is 2.70. The van der Waals surface area contributed by atoms with E-state index in [4.69, 9.17) is 5.73 Å². The molecule has 19 heavy (non-hydrogen) atoms. The highest BCUT2D eigenvalue weighted by Crippen LogP contribution is 2.38. The van der Waals surface area contributed by atoms with Gasteiger partial charge in [-0.1, -0.05) is 43.2 Å². The van der Waals surface area contributed by atoms with Gasteiger partial charge in [-0.05, 0) is 43.7 Å². The molecule has 0 radical (unpaired) electrons. The van der Waals surface area contributed by atoms with Gasteiger partial charge in [0.05, 0.1) is 0 Å². The van der Waals surface area contributed by atoms with Crippen LogP contribution in [0.4, 0.5) is 0 Å². The van der Waals surface area contributed by atoms with Crippen molar-refractivity contribution >= 4 is 0 Å². The van der Waals surface area contributed by atoms with Gasteiger partial charge in [-0.2, -0.15) is 0 Å². The van der Waals surface area contributed by atoms with Gasteiger partial charge < -0.3 is 5.73 Å². The summed E-state index contributed by atoms with van der Waals surface area (Å²) in [6.07, 6.45) is 8.12. The quantitative estimate of drug-likeness (QED) is 0.902. The zero-order valence-electron chi connectivity index (χ0n) is 11.8. The van der Waals surface area contributed by atoms with Crippen molar-refractivity contribution < 1.29 is 0 Å². The summed E-state index contributed by atoms with van der Waals surface area (Å²) in [4.78, 5) is 2.73. The number of benzene rings is 1. The van der Waals surface area contributed by atoms with E-state index in [1.807, 2.05) is 0 Å². The number of likely N-dealkylation sites (tertiary alicyclic amines) is 1. The Morgan fingerprint density at radius 2 is 1.79 bits per heavy atom. The first kappa shape index (κ1) is 13.1. The lowest BCUT2D eigenvalue weighted by molar-refractivity contribution is 0.125. The second-order valence-electron chi connectivity index (χ2n) is 6.14. The molecule has 3 atom stereocenters. The van der Waals surface area contributed by atoms with Gasteiger partial charge in [0, 0.05) is 18.6 Å². The Hall–Kier alpha value is -0.860. The van der Waals surface area contributed by atoms with Crippen LogP contribution in [0.3, 0.4) is 0 Å². The Morgan fingerprint density at radius 3 is 2.58 bits per heavy atom. The molecule has 0 amide bonds. The van der Waals surface area contributed by atoms with Crippen LogP contribution in [-0.2, 0) is 0 Å². The van der Waals surface area contributed by atoms with Crippen molar-refractivity contribution in [3.05, 3.63) is 35.9 Å². The summed E-state index contributed by atoms with van der Waals surface area (Å²) in [6.45, 7) is 2.09. The van der Waals surface area contributed by atoms with E-state index in [-0.39, 0.29) is 0 Å². The molecule has 2 N–H and O–H groups in total. The molecule has 1 aromatic carbocycles. The van der Waals surface area contributed by atoms with Crippen LogP contribution in [0.5, 0.6) is 0 Å². The van der Waals surface area contributed by atoms with Gasteiger partial charge in [0.25, 0.3) is 0 Å². The summed E-state index contributed by atoms with van der Waals surface area (Å²) in [5.41, 5.74) is 7.51. The predicted octanol–water partition coefficient (Wildman–Crippen LogP) is 3.14. The Morgan fingerprint density at radius 1 is 1.00 bits per heavy atom. The van der Waals surface area contributed by atoms with Crippen LogP contribution in [0, 0.1) is 0 Å². The van der Waals surface area contributed by atoms with Gasteiger partial charge in [-0.25, -0.2) is 0 Å². The average Bonchev–Trinajstić information content (AvgIpc) is 2.96. The molecule has 0 bridgehead atoms. The largest absolute Gasteiger partial charge is 0.329 e. The summed E-state index contributed by atoms with van der Waals surface area (Å²) in [5.74, 6) is 0.724. The fourth-order valence-corrected chi connectivity index (χ4v) is 4.15. The standard InChI is InChI=1S/C17H26N2/c18-13-15-9-6-12-19(15)17-11-5-4-10-16(17)14-7-2-1-3-8-14/h1-3,7-8,15-17H,4-6,9-13,18H2. The van der Waals surface area contributed by atoms with E-state index < -0.39 is 0 Å². The van der Waals surface area contributed by atoms with Crippen LogP contribution in [0.15, 0.2) is 30.3 Å². The maximum absolute atomic E-state index is 5.97. The van der Waals surface area contributed by atoms with Gasteiger partial charge in [0.15, 0.2) is 0 Å². The highest BCUT2D eigenvalue weighted by Gasteiger charge is 2.36. The number of hydrogen-bond acceptors (Lipinski definition) is 2. The van der Waals surface area contributed by atoms with E-state index >= 15 is 0 Å². The van der Waals surface area contributed by atoms with Crippen LogP contribution < -0.4 is 5.73 Å². The fourth-order valence-electron chi connectivity index (χ4n) is 4.15.